The molecule has 0 bridgehead atoms. The third kappa shape index (κ3) is 3.21. The number of benzene rings is 1. The van der Waals surface area contributed by atoms with Gasteiger partial charge in [-0.25, -0.2) is 4.98 Å². The molecule has 24 heavy (non-hydrogen) atoms. The Morgan fingerprint density at radius 1 is 1.42 bits per heavy atom. The summed E-state index contributed by atoms with van der Waals surface area (Å²) in [5.41, 5.74) is 3.27. The predicted octanol–water partition coefficient (Wildman–Crippen LogP) is 2.11. The molecule has 0 saturated heterocycles. The number of nitrogens with one attached hydrogen (secondary N) is 1. The summed E-state index contributed by atoms with van der Waals surface area (Å²) in [5, 5.41) is 11.2. The van der Waals surface area contributed by atoms with E-state index in [1.165, 1.54) is 0 Å². The quantitative estimate of drug-likeness (QED) is 0.685. The van der Waals surface area contributed by atoms with Gasteiger partial charge in [0.25, 0.3) is 11.2 Å². The third-order valence-electron chi connectivity index (χ3n) is 4.40. The fourth-order valence-electron chi connectivity index (χ4n) is 3.18. The zero-order valence-corrected chi connectivity index (χ0v) is 13.8. The summed E-state index contributed by atoms with van der Waals surface area (Å²) in [7, 11) is 0. The third-order valence-corrected chi connectivity index (χ3v) is 4.40. The highest BCUT2D eigenvalue weighted by Crippen LogP contribution is 2.23. The van der Waals surface area contributed by atoms with Crippen molar-refractivity contribution in [3.05, 3.63) is 66.9 Å². The number of aryl methyl sites for hydroxylation is 2. The molecule has 126 valence electrons. The summed E-state index contributed by atoms with van der Waals surface area (Å²) in [4.78, 5) is 32.2. The SMILES string of the molecule is CCc1ccc(CN2CCc3nc(C)[nH]c(=O)c3C2)cc1[N+](=O)[O-]. The molecule has 0 saturated carbocycles. The first-order valence-electron chi connectivity index (χ1n) is 8.05. The molecule has 7 nitrogen and oxygen atoms in total. The van der Waals surface area contributed by atoms with Crippen molar-refractivity contribution >= 4 is 5.69 Å². The molecule has 1 aliphatic rings. The highest BCUT2D eigenvalue weighted by atomic mass is 16.6. The highest BCUT2D eigenvalue weighted by Gasteiger charge is 2.21. The summed E-state index contributed by atoms with van der Waals surface area (Å²) < 4.78 is 0. The molecule has 0 fully saturated rings. The first-order chi connectivity index (χ1) is 11.5. The van der Waals surface area contributed by atoms with Gasteiger partial charge in [0, 0.05) is 37.7 Å². The minimum atomic E-state index is -0.328. The van der Waals surface area contributed by atoms with Crippen LogP contribution in [-0.2, 0) is 25.9 Å². The zero-order chi connectivity index (χ0) is 17.3. The van der Waals surface area contributed by atoms with E-state index in [0.29, 0.717) is 30.9 Å². The minimum absolute atomic E-state index is 0.0884. The molecule has 2 aromatic rings. The van der Waals surface area contributed by atoms with Crippen LogP contribution in [0.25, 0.3) is 0 Å². The van der Waals surface area contributed by atoms with E-state index in [-0.39, 0.29) is 16.2 Å². The molecule has 1 N–H and O–H groups in total. The Hall–Kier alpha value is -2.54. The van der Waals surface area contributed by atoms with Crippen LogP contribution < -0.4 is 5.56 Å². The maximum absolute atomic E-state index is 12.1. The maximum atomic E-state index is 12.1. The van der Waals surface area contributed by atoms with E-state index in [1.807, 2.05) is 19.1 Å². The second-order valence-corrected chi connectivity index (χ2v) is 6.11. The monoisotopic (exact) mass is 328 g/mol. The molecule has 0 spiro atoms. The van der Waals surface area contributed by atoms with Crippen LogP contribution in [0.1, 0.15) is 35.1 Å². The van der Waals surface area contributed by atoms with Crippen LogP contribution in [-0.4, -0.2) is 26.3 Å². The normalized spacial score (nSPS) is 14.4. The van der Waals surface area contributed by atoms with Gasteiger partial charge in [-0.05, 0) is 18.9 Å². The van der Waals surface area contributed by atoms with E-state index < -0.39 is 0 Å². The summed E-state index contributed by atoms with van der Waals surface area (Å²) in [6.07, 6.45) is 1.35. The summed E-state index contributed by atoms with van der Waals surface area (Å²) in [5.74, 6) is 0.637. The van der Waals surface area contributed by atoms with Gasteiger partial charge in [0.15, 0.2) is 0 Å². The first kappa shape index (κ1) is 16.3. The lowest BCUT2D eigenvalue weighted by atomic mass is 10.0. The van der Waals surface area contributed by atoms with Crippen molar-refractivity contribution in [1.29, 1.82) is 0 Å². The lowest BCUT2D eigenvalue weighted by molar-refractivity contribution is -0.385. The van der Waals surface area contributed by atoms with Crippen LogP contribution in [0.4, 0.5) is 5.69 Å². The summed E-state index contributed by atoms with van der Waals surface area (Å²) >= 11 is 0. The van der Waals surface area contributed by atoms with Crippen molar-refractivity contribution < 1.29 is 4.92 Å². The van der Waals surface area contributed by atoms with Crippen LogP contribution >= 0.6 is 0 Å². The largest absolute Gasteiger partial charge is 0.310 e. The van der Waals surface area contributed by atoms with E-state index in [9.17, 15) is 14.9 Å². The Bertz CT molecular complexity index is 844. The van der Waals surface area contributed by atoms with Crippen molar-refractivity contribution in [1.82, 2.24) is 14.9 Å². The van der Waals surface area contributed by atoms with Crippen LogP contribution in [0.15, 0.2) is 23.0 Å². The Morgan fingerprint density at radius 3 is 2.92 bits per heavy atom. The zero-order valence-electron chi connectivity index (χ0n) is 13.8. The molecule has 7 heteroatoms. The van der Waals surface area contributed by atoms with E-state index in [4.69, 9.17) is 0 Å². The number of nitro benzene ring substituents is 1. The average Bonchev–Trinajstić information content (AvgIpc) is 2.55. The van der Waals surface area contributed by atoms with Gasteiger partial charge in [-0.2, -0.15) is 0 Å². The lowest BCUT2D eigenvalue weighted by Gasteiger charge is -2.27. The average molecular weight is 328 g/mol. The number of H-pyrrole nitrogens is 1. The molecule has 3 rings (SSSR count). The number of nitro groups is 1. The first-order valence-corrected chi connectivity index (χ1v) is 8.05. The van der Waals surface area contributed by atoms with E-state index in [0.717, 1.165) is 29.8 Å². The van der Waals surface area contributed by atoms with Crippen molar-refractivity contribution in [2.75, 3.05) is 6.54 Å². The number of aromatic amines is 1. The maximum Gasteiger partial charge on any atom is 0.272 e. The molecular weight excluding hydrogens is 308 g/mol. The number of aromatic nitrogens is 2. The Kier molecular flexibility index (Phi) is 4.44. The standard InChI is InChI=1S/C17H20N4O3/c1-3-13-5-4-12(8-16(13)21(23)24)9-20-7-6-15-14(10-20)17(22)19-11(2)18-15/h4-5,8H,3,6-7,9-10H2,1-2H3,(H,18,19,22). The van der Waals surface area contributed by atoms with Gasteiger partial charge in [0.05, 0.1) is 16.2 Å². The minimum Gasteiger partial charge on any atom is -0.310 e. The number of nitrogens with zero attached hydrogens (tertiary/aromatic N) is 3. The van der Waals surface area contributed by atoms with Crippen LogP contribution in [0.5, 0.6) is 0 Å². The number of fused-ring (bicyclic) bond motifs is 1. The van der Waals surface area contributed by atoms with Crippen LogP contribution in [0.3, 0.4) is 0 Å². The van der Waals surface area contributed by atoms with Gasteiger partial charge < -0.3 is 4.98 Å². The highest BCUT2D eigenvalue weighted by molar-refractivity contribution is 5.43. The molecule has 2 heterocycles. The molecular formula is C17H20N4O3. The van der Waals surface area contributed by atoms with Crippen molar-refractivity contribution in [2.45, 2.75) is 39.8 Å². The van der Waals surface area contributed by atoms with Gasteiger partial charge in [0.2, 0.25) is 0 Å². The van der Waals surface area contributed by atoms with Gasteiger partial charge in [-0.1, -0.05) is 19.1 Å². The van der Waals surface area contributed by atoms with Crippen LogP contribution in [0, 0.1) is 17.0 Å². The van der Waals surface area contributed by atoms with E-state index >= 15 is 0 Å². The second kappa shape index (κ2) is 6.52. The van der Waals surface area contributed by atoms with Crippen LogP contribution in [0.2, 0.25) is 0 Å². The van der Waals surface area contributed by atoms with Gasteiger partial charge >= 0.3 is 0 Å². The Labute approximate surface area is 139 Å². The predicted molar refractivity (Wildman–Crippen MR) is 89.9 cm³/mol. The second-order valence-electron chi connectivity index (χ2n) is 6.11. The van der Waals surface area contributed by atoms with E-state index in [2.05, 4.69) is 14.9 Å². The van der Waals surface area contributed by atoms with Crippen molar-refractivity contribution in [2.24, 2.45) is 0 Å². The Balaban J connectivity index is 1.82. The smallest absolute Gasteiger partial charge is 0.272 e. The fourth-order valence-corrected chi connectivity index (χ4v) is 3.18. The number of hydrogen-bond donors (Lipinski definition) is 1. The molecule has 1 aliphatic heterocycles. The molecule has 0 unspecified atom stereocenters. The van der Waals surface area contributed by atoms with Crippen molar-refractivity contribution in [3.8, 4) is 0 Å². The molecule has 0 radical (unpaired) electrons. The Morgan fingerprint density at radius 2 is 2.21 bits per heavy atom. The van der Waals surface area contributed by atoms with Gasteiger partial charge in [-0.3, -0.25) is 19.8 Å². The number of rotatable bonds is 4. The number of hydrogen-bond acceptors (Lipinski definition) is 5. The molecule has 0 atom stereocenters. The molecule has 1 aromatic carbocycles. The molecule has 1 aromatic heterocycles. The van der Waals surface area contributed by atoms with Gasteiger partial charge in [0.1, 0.15) is 5.82 Å². The summed E-state index contributed by atoms with van der Waals surface area (Å²) in [6.45, 7) is 5.57. The fraction of sp³-hybridized carbons (Fsp3) is 0.412. The summed E-state index contributed by atoms with van der Waals surface area (Å²) in [6, 6.07) is 5.40. The van der Waals surface area contributed by atoms with E-state index in [1.54, 1.807) is 13.0 Å². The topological polar surface area (TPSA) is 92.1 Å². The van der Waals surface area contributed by atoms with Gasteiger partial charge in [-0.15, -0.1) is 0 Å². The molecule has 0 aliphatic carbocycles. The lowest BCUT2D eigenvalue weighted by Crippen LogP contribution is -2.35. The molecule has 0 amide bonds. The van der Waals surface area contributed by atoms with Crippen molar-refractivity contribution in [3.63, 3.8) is 0 Å².